The van der Waals surface area contributed by atoms with E-state index in [0.717, 1.165) is 17.0 Å². The molecule has 1 amide bonds. The van der Waals surface area contributed by atoms with E-state index in [1.54, 1.807) is 24.3 Å². The molecule has 0 spiro atoms. The van der Waals surface area contributed by atoms with Gasteiger partial charge in [0.05, 0.1) is 16.5 Å². The topological polar surface area (TPSA) is 83.6 Å². The number of nitrogens with zero attached hydrogens (tertiary/aromatic N) is 4. The smallest absolute Gasteiger partial charge is 0.237 e. The third-order valence-electron chi connectivity index (χ3n) is 4.27. The molecule has 3 rings (SSSR count). The van der Waals surface area contributed by atoms with Crippen LogP contribution in [0.4, 0.5) is 5.69 Å². The van der Waals surface area contributed by atoms with Crippen LogP contribution in [0.3, 0.4) is 0 Å². The molecule has 0 aliphatic heterocycles. The first-order valence-electron chi connectivity index (χ1n) is 9.00. The minimum absolute atomic E-state index is 0.185. The second kappa shape index (κ2) is 8.72. The average molecular weight is 392 g/mol. The van der Waals surface area contributed by atoms with Gasteiger partial charge in [-0.3, -0.25) is 4.79 Å². The van der Waals surface area contributed by atoms with E-state index in [4.69, 9.17) is 0 Å². The van der Waals surface area contributed by atoms with Crippen LogP contribution in [0.5, 0.6) is 0 Å². The Morgan fingerprint density at radius 2 is 2.04 bits per heavy atom. The number of thioether (sulfide) groups is 1. The van der Waals surface area contributed by atoms with Gasteiger partial charge < -0.3 is 9.88 Å². The van der Waals surface area contributed by atoms with E-state index in [9.17, 15) is 10.1 Å². The Morgan fingerprint density at radius 3 is 2.75 bits per heavy atom. The van der Waals surface area contributed by atoms with Gasteiger partial charge in [0.15, 0.2) is 11.0 Å². The summed E-state index contributed by atoms with van der Waals surface area (Å²) in [6.45, 7) is 6.58. The van der Waals surface area contributed by atoms with Crippen molar-refractivity contribution in [3.8, 4) is 17.5 Å². The van der Waals surface area contributed by atoms with Crippen LogP contribution >= 0.6 is 11.8 Å². The quantitative estimate of drug-likeness (QED) is 0.635. The summed E-state index contributed by atoms with van der Waals surface area (Å²) in [6, 6.07) is 17.1. The normalized spacial score (nSPS) is 11.6. The summed E-state index contributed by atoms with van der Waals surface area (Å²) in [5.41, 5.74) is 3.11. The van der Waals surface area contributed by atoms with Crippen LogP contribution in [0.25, 0.3) is 11.4 Å². The zero-order valence-corrected chi connectivity index (χ0v) is 16.8. The lowest BCUT2D eigenvalue weighted by Gasteiger charge is -2.13. The van der Waals surface area contributed by atoms with Crippen molar-refractivity contribution in [1.29, 1.82) is 5.26 Å². The standard InChI is InChI=1S/C21H21N5OS/c1-4-26-19(16-10-7-8-14(2)12-16)24-25-21(26)28-15(3)20(27)23-18-11-6-5-9-17(18)13-22/h5-12,15H,4H2,1-3H3,(H,23,27)/t15-/m0/s1. The Labute approximate surface area is 168 Å². The molecule has 7 heteroatoms. The number of anilines is 1. The van der Waals surface area contributed by atoms with Gasteiger partial charge in [0.25, 0.3) is 0 Å². The van der Waals surface area contributed by atoms with E-state index in [2.05, 4.69) is 27.6 Å². The summed E-state index contributed by atoms with van der Waals surface area (Å²) in [7, 11) is 0. The molecule has 1 N–H and O–H groups in total. The minimum atomic E-state index is -0.397. The summed E-state index contributed by atoms with van der Waals surface area (Å²) in [6.07, 6.45) is 0. The van der Waals surface area contributed by atoms with Gasteiger partial charge in [0, 0.05) is 12.1 Å². The highest BCUT2D eigenvalue weighted by molar-refractivity contribution is 8.00. The second-order valence-electron chi connectivity index (χ2n) is 6.33. The van der Waals surface area contributed by atoms with E-state index in [1.165, 1.54) is 11.8 Å². The fourth-order valence-electron chi connectivity index (χ4n) is 2.79. The molecule has 28 heavy (non-hydrogen) atoms. The summed E-state index contributed by atoms with van der Waals surface area (Å²) >= 11 is 1.35. The van der Waals surface area contributed by atoms with Gasteiger partial charge in [0.1, 0.15) is 6.07 Å². The molecule has 1 heterocycles. The minimum Gasteiger partial charge on any atom is -0.324 e. The molecule has 0 radical (unpaired) electrons. The van der Waals surface area contributed by atoms with E-state index < -0.39 is 5.25 Å². The van der Waals surface area contributed by atoms with Crippen molar-refractivity contribution in [3.05, 3.63) is 59.7 Å². The molecule has 1 atom stereocenters. The van der Waals surface area contributed by atoms with Gasteiger partial charge in [-0.2, -0.15) is 5.26 Å². The van der Waals surface area contributed by atoms with E-state index in [-0.39, 0.29) is 5.91 Å². The van der Waals surface area contributed by atoms with Crippen molar-refractivity contribution in [1.82, 2.24) is 14.8 Å². The molecule has 0 saturated carbocycles. The van der Waals surface area contributed by atoms with Crippen LogP contribution < -0.4 is 5.32 Å². The Bertz CT molecular complexity index is 1040. The maximum atomic E-state index is 12.6. The predicted molar refractivity (Wildman–Crippen MR) is 111 cm³/mol. The van der Waals surface area contributed by atoms with Crippen molar-refractivity contribution >= 4 is 23.4 Å². The molecule has 0 aliphatic carbocycles. The molecule has 0 bridgehead atoms. The molecule has 0 saturated heterocycles. The molecular formula is C21H21N5OS. The van der Waals surface area contributed by atoms with Crippen LogP contribution in [-0.2, 0) is 11.3 Å². The molecule has 3 aromatic rings. The number of benzene rings is 2. The summed E-state index contributed by atoms with van der Waals surface area (Å²) < 4.78 is 2.01. The van der Waals surface area contributed by atoms with Crippen LogP contribution in [-0.4, -0.2) is 25.9 Å². The molecular weight excluding hydrogens is 370 g/mol. The third kappa shape index (κ3) is 4.24. The van der Waals surface area contributed by atoms with Crippen molar-refractivity contribution < 1.29 is 4.79 Å². The largest absolute Gasteiger partial charge is 0.324 e. The molecule has 0 unspecified atom stereocenters. The Kier molecular flexibility index (Phi) is 6.12. The molecule has 2 aromatic carbocycles. The number of para-hydroxylation sites is 1. The number of hydrogen-bond donors (Lipinski definition) is 1. The fraction of sp³-hybridized carbons (Fsp3) is 0.238. The highest BCUT2D eigenvalue weighted by atomic mass is 32.2. The SMILES string of the molecule is CCn1c(S[C@@H](C)C(=O)Nc2ccccc2C#N)nnc1-c1cccc(C)c1. The van der Waals surface area contributed by atoms with Crippen LogP contribution in [0.15, 0.2) is 53.7 Å². The zero-order valence-electron chi connectivity index (χ0n) is 16.0. The number of rotatable bonds is 6. The van der Waals surface area contributed by atoms with E-state index in [0.29, 0.717) is 23.0 Å². The summed E-state index contributed by atoms with van der Waals surface area (Å²) in [4.78, 5) is 12.6. The Balaban J connectivity index is 1.78. The molecule has 0 fully saturated rings. The monoisotopic (exact) mass is 391 g/mol. The molecule has 6 nitrogen and oxygen atoms in total. The van der Waals surface area contributed by atoms with Crippen molar-refractivity contribution in [3.63, 3.8) is 0 Å². The number of carbonyl (C=O) groups is 1. The maximum Gasteiger partial charge on any atom is 0.237 e. The Morgan fingerprint density at radius 1 is 1.25 bits per heavy atom. The van der Waals surface area contributed by atoms with Gasteiger partial charge in [-0.15, -0.1) is 10.2 Å². The summed E-state index contributed by atoms with van der Waals surface area (Å²) in [5.74, 6) is 0.603. The number of aryl methyl sites for hydroxylation is 1. The first-order valence-corrected chi connectivity index (χ1v) is 9.88. The number of nitriles is 1. The first kappa shape index (κ1) is 19.6. The van der Waals surface area contributed by atoms with Crippen molar-refractivity contribution in [2.45, 2.75) is 37.7 Å². The van der Waals surface area contributed by atoms with Crippen molar-refractivity contribution in [2.24, 2.45) is 0 Å². The van der Waals surface area contributed by atoms with Gasteiger partial charge in [-0.25, -0.2) is 0 Å². The van der Waals surface area contributed by atoms with Crippen LogP contribution in [0.1, 0.15) is 25.0 Å². The molecule has 1 aromatic heterocycles. The predicted octanol–water partition coefficient (Wildman–Crippen LogP) is 4.26. The lowest BCUT2D eigenvalue weighted by Crippen LogP contribution is -2.23. The van der Waals surface area contributed by atoms with Gasteiger partial charge in [0.2, 0.25) is 5.91 Å². The maximum absolute atomic E-state index is 12.6. The first-order chi connectivity index (χ1) is 13.5. The van der Waals surface area contributed by atoms with Gasteiger partial charge in [-0.05, 0) is 39.0 Å². The fourth-order valence-corrected chi connectivity index (χ4v) is 3.71. The van der Waals surface area contributed by atoms with Crippen molar-refractivity contribution in [2.75, 3.05) is 5.32 Å². The van der Waals surface area contributed by atoms with E-state index >= 15 is 0 Å². The van der Waals surface area contributed by atoms with Crippen LogP contribution in [0, 0.1) is 18.3 Å². The lowest BCUT2D eigenvalue weighted by atomic mass is 10.1. The highest BCUT2D eigenvalue weighted by Gasteiger charge is 2.21. The lowest BCUT2D eigenvalue weighted by molar-refractivity contribution is -0.115. The second-order valence-corrected chi connectivity index (χ2v) is 7.63. The van der Waals surface area contributed by atoms with Gasteiger partial charge in [-0.1, -0.05) is 47.7 Å². The number of aromatic nitrogens is 3. The number of hydrogen-bond acceptors (Lipinski definition) is 5. The average Bonchev–Trinajstić information content (AvgIpc) is 3.10. The number of nitrogens with one attached hydrogen (secondary N) is 1. The van der Waals surface area contributed by atoms with E-state index in [1.807, 2.05) is 43.5 Å². The van der Waals surface area contributed by atoms with Crippen LogP contribution in [0.2, 0.25) is 0 Å². The third-order valence-corrected chi connectivity index (χ3v) is 5.35. The summed E-state index contributed by atoms with van der Waals surface area (Å²) in [5, 5.41) is 20.9. The molecule has 142 valence electrons. The Hall–Kier alpha value is -3.11. The highest BCUT2D eigenvalue weighted by Crippen LogP contribution is 2.28. The number of carbonyl (C=O) groups excluding carboxylic acids is 1. The molecule has 0 aliphatic rings. The van der Waals surface area contributed by atoms with Gasteiger partial charge >= 0.3 is 0 Å². The zero-order chi connectivity index (χ0) is 20.1. The number of amides is 1.